The number of hydrogen-bond acceptors (Lipinski definition) is 6. The summed E-state index contributed by atoms with van der Waals surface area (Å²) in [5, 5.41) is 11.0. The summed E-state index contributed by atoms with van der Waals surface area (Å²) in [7, 11) is 1.61. The zero-order chi connectivity index (χ0) is 23.5. The highest BCUT2D eigenvalue weighted by Gasteiger charge is 2.14. The van der Waals surface area contributed by atoms with Crippen LogP contribution in [0.1, 0.15) is 27.9 Å². The number of carbonyl (C=O) groups excluding carboxylic acids is 1. The Bertz CT molecular complexity index is 1080. The fourth-order valence-corrected chi connectivity index (χ4v) is 3.05. The molecule has 0 saturated carbocycles. The van der Waals surface area contributed by atoms with Crippen molar-refractivity contribution in [3.05, 3.63) is 112 Å². The standard InChI is InChI=1S/C26H25NO6/c1-31-24-13-11-21(12-14-24)19-32-17-16-25(33-26(28)22-7-3-2-4-8-22)15-10-20-6-5-9-23(18-20)27(29)30/h2-15,18,25H,16-17,19H2,1H3/b15-10+/t25-/m0/s1. The SMILES string of the molecule is COc1ccc(COCC[C@H](/C=C/c2cccc([N+](=O)[O-])c2)OC(=O)c2ccccc2)cc1. The van der Waals surface area contributed by atoms with Crippen molar-refractivity contribution in [1.29, 1.82) is 0 Å². The predicted octanol–water partition coefficient (Wildman–Crippen LogP) is 5.45. The molecular weight excluding hydrogens is 422 g/mol. The van der Waals surface area contributed by atoms with E-state index in [4.69, 9.17) is 14.2 Å². The Morgan fingerprint density at radius 3 is 2.48 bits per heavy atom. The van der Waals surface area contributed by atoms with E-state index in [0.29, 0.717) is 30.8 Å². The van der Waals surface area contributed by atoms with Gasteiger partial charge in [0.25, 0.3) is 5.69 Å². The van der Waals surface area contributed by atoms with E-state index in [1.165, 1.54) is 12.1 Å². The van der Waals surface area contributed by atoms with Gasteiger partial charge in [-0.1, -0.05) is 48.5 Å². The first-order valence-electron chi connectivity index (χ1n) is 10.4. The predicted molar refractivity (Wildman–Crippen MR) is 125 cm³/mol. The third kappa shape index (κ3) is 7.59. The number of hydrogen-bond donors (Lipinski definition) is 0. The highest BCUT2D eigenvalue weighted by atomic mass is 16.6. The van der Waals surface area contributed by atoms with Gasteiger partial charge < -0.3 is 14.2 Å². The second kappa shape index (κ2) is 12.2. The van der Waals surface area contributed by atoms with Gasteiger partial charge in [-0.25, -0.2) is 4.79 Å². The van der Waals surface area contributed by atoms with Crippen molar-refractivity contribution in [3.8, 4) is 5.75 Å². The number of non-ortho nitro benzene ring substituents is 1. The largest absolute Gasteiger partial charge is 0.497 e. The lowest BCUT2D eigenvalue weighted by Gasteiger charge is -2.15. The minimum atomic E-state index is -0.562. The molecule has 0 amide bonds. The summed E-state index contributed by atoms with van der Waals surface area (Å²) < 4.78 is 16.6. The van der Waals surface area contributed by atoms with Gasteiger partial charge in [0.1, 0.15) is 11.9 Å². The van der Waals surface area contributed by atoms with Crippen molar-refractivity contribution in [2.75, 3.05) is 13.7 Å². The molecule has 0 fully saturated rings. The molecule has 7 nitrogen and oxygen atoms in total. The van der Waals surface area contributed by atoms with Gasteiger partial charge in [0.05, 0.1) is 30.8 Å². The van der Waals surface area contributed by atoms with Gasteiger partial charge in [0, 0.05) is 18.6 Å². The average molecular weight is 447 g/mol. The first kappa shape index (κ1) is 23.7. The summed E-state index contributed by atoms with van der Waals surface area (Å²) in [5.41, 5.74) is 2.09. The Hall–Kier alpha value is -3.97. The molecule has 0 aliphatic rings. The summed E-state index contributed by atoms with van der Waals surface area (Å²) in [6.45, 7) is 0.774. The molecule has 0 N–H and O–H groups in total. The number of rotatable bonds is 11. The first-order valence-corrected chi connectivity index (χ1v) is 10.4. The molecule has 0 aliphatic carbocycles. The minimum Gasteiger partial charge on any atom is -0.497 e. The van der Waals surface area contributed by atoms with Crippen LogP contribution in [-0.4, -0.2) is 30.7 Å². The molecule has 3 aromatic carbocycles. The second-order valence-electron chi connectivity index (χ2n) is 7.21. The average Bonchev–Trinajstić information content (AvgIpc) is 2.86. The number of nitro benzene ring substituents is 1. The molecule has 33 heavy (non-hydrogen) atoms. The lowest BCUT2D eigenvalue weighted by atomic mass is 10.1. The fraction of sp³-hybridized carbons (Fsp3) is 0.192. The summed E-state index contributed by atoms with van der Waals surface area (Å²) in [5.74, 6) is 0.331. The van der Waals surface area contributed by atoms with Crippen molar-refractivity contribution in [1.82, 2.24) is 0 Å². The van der Waals surface area contributed by atoms with E-state index >= 15 is 0 Å². The Labute approximate surface area is 192 Å². The minimum absolute atomic E-state index is 0.00203. The van der Waals surface area contributed by atoms with Gasteiger partial charge in [0.15, 0.2) is 0 Å². The van der Waals surface area contributed by atoms with E-state index in [1.54, 1.807) is 55.7 Å². The number of methoxy groups -OCH3 is 1. The highest BCUT2D eigenvalue weighted by molar-refractivity contribution is 5.89. The smallest absolute Gasteiger partial charge is 0.338 e. The Balaban J connectivity index is 1.63. The Kier molecular flexibility index (Phi) is 8.73. The highest BCUT2D eigenvalue weighted by Crippen LogP contribution is 2.17. The van der Waals surface area contributed by atoms with E-state index in [-0.39, 0.29) is 5.69 Å². The third-order valence-electron chi connectivity index (χ3n) is 4.83. The third-order valence-corrected chi connectivity index (χ3v) is 4.83. The molecular formula is C26H25NO6. The van der Waals surface area contributed by atoms with Crippen molar-refractivity contribution in [2.24, 2.45) is 0 Å². The van der Waals surface area contributed by atoms with Crippen LogP contribution in [0.2, 0.25) is 0 Å². The van der Waals surface area contributed by atoms with Gasteiger partial charge in [0.2, 0.25) is 0 Å². The number of carbonyl (C=O) groups is 1. The first-order chi connectivity index (χ1) is 16.0. The van der Waals surface area contributed by atoms with Crippen LogP contribution in [0.15, 0.2) is 84.9 Å². The molecule has 7 heteroatoms. The van der Waals surface area contributed by atoms with Gasteiger partial charge in [-0.05, 0) is 41.5 Å². The monoisotopic (exact) mass is 447 g/mol. The van der Waals surface area contributed by atoms with Crippen LogP contribution >= 0.6 is 0 Å². The summed E-state index contributed by atoms with van der Waals surface area (Å²) >= 11 is 0. The van der Waals surface area contributed by atoms with Crippen molar-refractivity contribution < 1.29 is 23.9 Å². The van der Waals surface area contributed by atoms with Crippen LogP contribution < -0.4 is 4.74 Å². The summed E-state index contributed by atoms with van der Waals surface area (Å²) in [4.78, 5) is 23.1. The van der Waals surface area contributed by atoms with Gasteiger partial charge in [-0.3, -0.25) is 10.1 Å². The molecule has 3 aromatic rings. The number of benzene rings is 3. The molecule has 0 heterocycles. The van der Waals surface area contributed by atoms with Crippen molar-refractivity contribution in [3.63, 3.8) is 0 Å². The quantitative estimate of drug-likeness (QED) is 0.168. The fourth-order valence-electron chi connectivity index (χ4n) is 3.05. The Morgan fingerprint density at radius 2 is 1.79 bits per heavy atom. The molecule has 1 atom stereocenters. The van der Waals surface area contributed by atoms with Crippen LogP contribution in [0.25, 0.3) is 6.08 Å². The van der Waals surface area contributed by atoms with Crippen LogP contribution in [-0.2, 0) is 16.1 Å². The van der Waals surface area contributed by atoms with E-state index in [1.807, 2.05) is 30.3 Å². The van der Waals surface area contributed by atoms with E-state index in [0.717, 1.165) is 11.3 Å². The molecule has 0 bridgehead atoms. The molecule has 0 radical (unpaired) electrons. The van der Waals surface area contributed by atoms with Crippen LogP contribution in [0.3, 0.4) is 0 Å². The van der Waals surface area contributed by atoms with Gasteiger partial charge >= 0.3 is 5.97 Å². The van der Waals surface area contributed by atoms with Crippen molar-refractivity contribution >= 4 is 17.7 Å². The van der Waals surface area contributed by atoms with Crippen LogP contribution in [0.4, 0.5) is 5.69 Å². The van der Waals surface area contributed by atoms with E-state index in [9.17, 15) is 14.9 Å². The maximum Gasteiger partial charge on any atom is 0.338 e. The lowest BCUT2D eigenvalue weighted by molar-refractivity contribution is -0.384. The molecule has 0 unspecified atom stereocenters. The number of nitro groups is 1. The molecule has 0 spiro atoms. The van der Waals surface area contributed by atoms with Gasteiger partial charge in [-0.2, -0.15) is 0 Å². The normalized spacial score (nSPS) is 11.8. The van der Waals surface area contributed by atoms with Gasteiger partial charge in [-0.15, -0.1) is 0 Å². The molecule has 3 rings (SSSR count). The number of nitrogens with zero attached hydrogens (tertiary/aromatic N) is 1. The molecule has 0 saturated heterocycles. The maximum absolute atomic E-state index is 12.5. The van der Waals surface area contributed by atoms with Crippen LogP contribution in [0.5, 0.6) is 5.75 Å². The molecule has 170 valence electrons. The maximum atomic E-state index is 12.5. The summed E-state index contributed by atoms with van der Waals surface area (Å²) in [6, 6.07) is 22.6. The van der Waals surface area contributed by atoms with Crippen LogP contribution in [0, 0.1) is 10.1 Å². The van der Waals surface area contributed by atoms with E-state index in [2.05, 4.69) is 0 Å². The lowest BCUT2D eigenvalue weighted by Crippen LogP contribution is -2.18. The zero-order valence-corrected chi connectivity index (χ0v) is 18.3. The second-order valence-corrected chi connectivity index (χ2v) is 7.21. The number of ether oxygens (including phenoxy) is 3. The topological polar surface area (TPSA) is 87.9 Å². The Morgan fingerprint density at radius 1 is 1.03 bits per heavy atom. The van der Waals surface area contributed by atoms with E-state index < -0.39 is 17.0 Å². The summed E-state index contributed by atoms with van der Waals surface area (Å²) in [6.07, 6.45) is 3.30. The van der Waals surface area contributed by atoms with Crippen molar-refractivity contribution in [2.45, 2.75) is 19.1 Å². The molecule has 0 aliphatic heterocycles. The zero-order valence-electron chi connectivity index (χ0n) is 18.3. The molecule has 0 aromatic heterocycles. The number of esters is 1.